The molecule has 0 aliphatic heterocycles. The van der Waals surface area contributed by atoms with Crippen LogP contribution >= 0.6 is 11.9 Å². The normalized spacial score (nSPS) is 12.2. The van der Waals surface area contributed by atoms with Gasteiger partial charge in [-0.2, -0.15) is 0 Å². The van der Waals surface area contributed by atoms with Crippen LogP contribution in [0.3, 0.4) is 0 Å². The zero-order chi connectivity index (χ0) is 25.3. The van der Waals surface area contributed by atoms with Crippen LogP contribution in [0, 0.1) is 0 Å². The van der Waals surface area contributed by atoms with Crippen molar-refractivity contribution >= 4 is 23.2 Å². The van der Waals surface area contributed by atoms with Gasteiger partial charge in [0, 0.05) is 35.1 Å². The van der Waals surface area contributed by atoms with Gasteiger partial charge in [-0.05, 0) is 78.2 Å². The van der Waals surface area contributed by atoms with Crippen LogP contribution in [0.15, 0.2) is 114 Å². The Bertz CT molecular complexity index is 1350. The minimum atomic E-state index is -2.54. The van der Waals surface area contributed by atoms with Gasteiger partial charge in [-0.15, -0.1) is 0 Å². The summed E-state index contributed by atoms with van der Waals surface area (Å²) >= 11 is 1.60. The van der Waals surface area contributed by atoms with Crippen LogP contribution in [0.25, 0.3) is 11.2 Å². The number of pyridine rings is 1. The molecule has 0 fully saturated rings. The van der Waals surface area contributed by atoms with E-state index in [2.05, 4.69) is 51.1 Å². The Labute approximate surface area is 215 Å². The van der Waals surface area contributed by atoms with Gasteiger partial charge in [0.05, 0.1) is 0 Å². The molecule has 0 spiro atoms. The molecular formula is C30H29F2N3S. The van der Waals surface area contributed by atoms with Gasteiger partial charge in [-0.1, -0.05) is 67.3 Å². The largest absolute Gasteiger partial charge is 0.304 e. The smallest absolute Gasteiger partial charge is 0.263 e. The lowest BCUT2D eigenvalue weighted by Crippen LogP contribution is -2.03. The van der Waals surface area contributed by atoms with Gasteiger partial charge in [0.15, 0.2) is 0 Å². The highest BCUT2D eigenvalue weighted by Gasteiger charge is 2.06. The molecule has 2 aromatic heterocycles. The zero-order valence-electron chi connectivity index (χ0n) is 20.2. The second-order valence-electron chi connectivity index (χ2n) is 8.40. The Kier molecular flexibility index (Phi) is 8.87. The molecule has 0 aliphatic rings. The third kappa shape index (κ3) is 6.80. The first-order valence-corrected chi connectivity index (χ1v) is 12.7. The monoisotopic (exact) mass is 501 g/mol. The number of fused-ring (bicyclic) bond motifs is 1. The highest BCUT2D eigenvalue weighted by atomic mass is 32.2. The van der Waals surface area contributed by atoms with Gasteiger partial charge in [-0.25, -0.2) is 13.8 Å². The average Bonchev–Trinajstić information content (AvgIpc) is 3.32. The van der Waals surface area contributed by atoms with Crippen molar-refractivity contribution in [1.82, 2.24) is 14.1 Å². The van der Waals surface area contributed by atoms with Gasteiger partial charge in [-0.3, -0.25) is 4.72 Å². The van der Waals surface area contributed by atoms with E-state index in [0.29, 0.717) is 6.54 Å². The Morgan fingerprint density at radius 3 is 2.47 bits per heavy atom. The van der Waals surface area contributed by atoms with Gasteiger partial charge < -0.3 is 4.40 Å². The second-order valence-corrected chi connectivity index (χ2v) is 9.36. The van der Waals surface area contributed by atoms with E-state index in [0.717, 1.165) is 40.1 Å². The van der Waals surface area contributed by atoms with Crippen LogP contribution in [0.4, 0.5) is 8.78 Å². The number of allylic oxidation sites excluding steroid dienone is 5. The number of rotatable bonds is 11. The molecule has 2 heterocycles. The number of halogens is 2. The van der Waals surface area contributed by atoms with Crippen molar-refractivity contribution in [1.29, 1.82) is 0 Å². The van der Waals surface area contributed by atoms with Crippen molar-refractivity contribution < 1.29 is 8.78 Å². The predicted molar refractivity (Wildman–Crippen MR) is 146 cm³/mol. The van der Waals surface area contributed by atoms with Crippen molar-refractivity contribution in [2.24, 2.45) is 0 Å². The molecule has 4 aromatic rings. The van der Waals surface area contributed by atoms with E-state index < -0.39 is 6.43 Å². The fourth-order valence-corrected chi connectivity index (χ4v) is 4.49. The fourth-order valence-electron chi connectivity index (χ4n) is 3.81. The molecule has 0 bridgehead atoms. The third-order valence-corrected chi connectivity index (χ3v) is 6.71. The summed E-state index contributed by atoms with van der Waals surface area (Å²) in [5, 5.41) is 0. The number of nitrogens with one attached hydrogen (secondary N) is 1. The second kappa shape index (κ2) is 12.5. The number of imidazole rings is 1. The zero-order valence-corrected chi connectivity index (χ0v) is 21.0. The molecule has 0 atom stereocenters. The maximum absolute atomic E-state index is 12.7. The summed E-state index contributed by atoms with van der Waals surface area (Å²) in [5.41, 5.74) is 6.31. The minimum absolute atomic E-state index is 0.188. The minimum Gasteiger partial charge on any atom is -0.304 e. The van der Waals surface area contributed by atoms with Crippen LogP contribution in [0.5, 0.6) is 0 Å². The Morgan fingerprint density at radius 1 is 1.00 bits per heavy atom. The fraction of sp³-hybridized carbons (Fsp3) is 0.167. The summed E-state index contributed by atoms with van der Waals surface area (Å²) in [6.45, 7) is 5.99. The first-order chi connectivity index (χ1) is 17.5. The number of aryl methyl sites for hydroxylation is 2. The first-order valence-electron chi connectivity index (χ1n) is 11.8. The summed E-state index contributed by atoms with van der Waals surface area (Å²) in [7, 11) is 0. The third-order valence-electron chi connectivity index (χ3n) is 5.91. The van der Waals surface area contributed by atoms with Crippen molar-refractivity contribution in [2.45, 2.75) is 37.6 Å². The predicted octanol–water partition coefficient (Wildman–Crippen LogP) is 7.70. The van der Waals surface area contributed by atoms with E-state index in [9.17, 15) is 8.78 Å². The maximum atomic E-state index is 12.7. The SMILES string of the molecule is C=C(/C=C\C(=C/C)c1ccc(CNSc2ccc(CCc3cnc4ccccn34)cc2)cc1)C(F)F. The van der Waals surface area contributed by atoms with Gasteiger partial charge in [0.2, 0.25) is 0 Å². The molecule has 36 heavy (non-hydrogen) atoms. The number of hydrogen-bond acceptors (Lipinski definition) is 3. The molecule has 0 unspecified atom stereocenters. The van der Waals surface area contributed by atoms with Crippen molar-refractivity contribution in [3.05, 3.63) is 132 Å². The van der Waals surface area contributed by atoms with E-state index in [1.807, 2.05) is 61.7 Å². The molecule has 0 saturated carbocycles. The molecule has 0 amide bonds. The van der Waals surface area contributed by atoms with Crippen LogP contribution in [-0.4, -0.2) is 15.8 Å². The Hall–Kier alpha value is -3.48. The van der Waals surface area contributed by atoms with Crippen LogP contribution < -0.4 is 4.72 Å². The number of benzene rings is 2. The van der Waals surface area contributed by atoms with Gasteiger partial charge >= 0.3 is 0 Å². The van der Waals surface area contributed by atoms with E-state index in [4.69, 9.17) is 0 Å². The molecule has 4 rings (SSSR count). The summed E-state index contributed by atoms with van der Waals surface area (Å²) < 4.78 is 30.9. The standard InChI is InChI=1S/C30H29F2N3S/c1-3-25(13-7-22(2)30(31)32)26-14-8-24(9-15-26)20-34-36-28-17-11-23(12-18-28)10-16-27-21-33-29-6-4-5-19-35(27)29/h3-9,11-15,17-19,21,30,34H,2,10,16,20H2,1H3/b13-7-,25-3+. The number of nitrogens with zero attached hydrogens (tertiary/aromatic N) is 2. The lowest BCUT2D eigenvalue weighted by atomic mass is 10.0. The number of hydrogen-bond donors (Lipinski definition) is 1. The molecule has 0 saturated heterocycles. The quantitative estimate of drug-likeness (QED) is 0.169. The Balaban J connectivity index is 1.25. The summed E-state index contributed by atoms with van der Waals surface area (Å²) in [6.07, 6.45) is 8.34. The van der Waals surface area contributed by atoms with Crippen LogP contribution in [0.2, 0.25) is 0 Å². The highest BCUT2D eigenvalue weighted by Crippen LogP contribution is 2.21. The molecule has 184 valence electrons. The molecule has 0 radical (unpaired) electrons. The topological polar surface area (TPSA) is 29.3 Å². The van der Waals surface area contributed by atoms with Crippen molar-refractivity contribution in [2.75, 3.05) is 0 Å². The lowest BCUT2D eigenvalue weighted by molar-refractivity contribution is 0.194. The Morgan fingerprint density at radius 2 is 1.75 bits per heavy atom. The molecule has 0 aliphatic carbocycles. The molecule has 6 heteroatoms. The maximum Gasteiger partial charge on any atom is 0.263 e. The summed E-state index contributed by atoms with van der Waals surface area (Å²) in [5.74, 6) is 0. The van der Waals surface area contributed by atoms with Crippen LogP contribution in [0.1, 0.15) is 29.3 Å². The van der Waals surface area contributed by atoms with E-state index in [-0.39, 0.29) is 5.57 Å². The number of alkyl halides is 2. The van der Waals surface area contributed by atoms with E-state index in [1.165, 1.54) is 17.3 Å². The summed E-state index contributed by atoms with van der Waals surface area (Å²) in [4.78, 5) is 5.62. The molecule has 3 nitrogen and oxygen atoms in total. The van der Waals surface area contributed by atoms with E-state index in [1.54, 1.807) is 18.0 Å². The van der Waals surface area contributed by atoms with Crippen molar-refractivity contribution in [3.63, 3.8) is 0 Å². The lowest BCUT2D eigenvalue weighted by Gasteiger charge is -2.08. The number of aromatic nitrogens is 2. The van der Waals surface area contributed by atoms with E-state index >= 15 is 0 Å². The molecular weight excluding hydrogens is 472 g/mol. The van der Waals surface area contributed by atoms with Crippen LogP contribution in [-0.2, 0) is 19.4 Å². The average molecular weight is 502 g/mol. The highest BCUT2D eigenvalue weighted by molar-refractivity contribution is 7.97. The first kappa shape index (κ1) is 25.6. The van der Waals surface area contributed by atoms with Gasteiger partial charge in [0.25, 0.3) is 6.43 Å². The molecule has 1 N–H and O–H groups in total. The van der Waals surface area contributed by atoms with Crippen molar-refractivity contribution in [3.8, 4) is 0 Å². The summed E-state index contributed by atoms with van der Waals surface area (Å²) in [6, 6.07) is 22.8. The molecule has 2 aromatic carbocycles. The van der Waals surface area contributed by atoms with Gasteiger partial charge in [0.1, 0.15) is 5.65 Å².